The predicted molar refractivity (Wildman–Crippen MR) is 76.7 cm³/mol. The van der Waals surface area contributed by atoms with Crippen LogP contribution in [0.25, 0.3) is 0 Å². The predicted octanol–water partition coefficient (Wildman–Crippen LogP) is 0.799. The lowest BCUT2D eigenvalue weighted by Crippen LogP contribution is -2.23. The topological polar surface area (TPSA) is 72.9 Å². The summed E-state index contributed by atoms with van der Waals surface area (Å²) in [4.78, 5) is 11.9. The van der Waals surface area contributed by atoms with E-state index in [-0.39, 0.29) is 30.1 Å². The molecule has 0 aliphatic rings. The molecule has 0 bridgehead atoms. The highest BCUT2D eigenvalue weighted by atomic mass is 19.1. The van der Waals surface area contributed by atoms with E-state index in [9.17, 15) is 9.18 Å². The van der Waals surface area contributed by atoms with E-state index in [2.05, 4.69) is 22.3 Å². The highest BCUT2D eigenvalue weighted by molar-refractivity contribution is 5.94. The molecule has 1 aromatic heterocycles. The van der Waals surface area contributed by atoms with Crippen LogP contribution in [0.1, 0.15) is 21.6 Å². The van der Waals surface area contributed by atoms with Crippen LogP contribution in [-0.4, -0.2) is 22.2 Å². The van der Waals surface area contributed by atoms with Gasteiger partial charge < -0.3 is 11.1 Å². The molecule has 21 heavy (non-hydrogen) atoms. The van der Waals surface area contributed by atoms with Gasteiger partial charge in [-0.15, -0.1) is 0 Å². The van der Waals surface area contributed by atoms with Gasteiger partial charge in [0.25, 0.3) is 5.91 Å². The lowest BCUT2D eigenvalue weighted by Gasteiger charge is -2.04. The maximum absolute atomic E-state index is 13.8. The van der Waals surface area contributed by atoms with E-state index in [4.69, 9.17) is 5.73 Å². The highest BCUT2D eigenvalue weighted by Gasteiger charge is 2.09. The van der Waals surface area contributed by atoms with Crippen molar-refractivity contribution in [3.8, 4) is 11.8 Å². The molecule has 1 amide bonds. The number of nitrogens with one attached hydrogen (secondary N) is 1. The number of benzene rings is 1. The van der Waals surface area contributed by atoms with E-state index < -0.39 is 5.82 Å². The molecule has 0 radical (unpaired) electrons. The van der Waals surface area contributed by atoms with Gasteiger partial charge in [-0.05, 0) is 24.3 Å². The van der Waals surface area contributed by atoms with Crippen molar-refractivity contribution >= 4 is 5.91 Å². The molecule has 1 heterocycles. The fourth-order valence-corrected chi connectivity index (χ4v) is 1.73. The molecule has 108 valence electrons. The molecule has 6 heteroatoms. The first kappa shape index (κ1) is 14.8. The van der Waals surface area contributed by atoms with Crippen LogP contribution >= 0.6 is 0 Å². The highest BCUT2D eigenvalue weighted by Crippen LogP contribution is 2.09. The maximum atomic E-state index is 13.8. The number of rotatable bonds is 3. The number of carbonyl (C=O) groups excluding carboxylic acids is 1. The van der Waals surface area contributed by atoms with Gasteiger partial charge in [-0.3, -0.25) is 9.48 Å². The summed E-state index contributed by atoms with van der Waals surface area (Å²) in [6, 6.07) is 5.95. The Balaban J connectivity index is 2.04. The Labute approximate surface area is 122 Å². The van der Waals surface area contributed by atoms with Gasteiger partial charge in [0.1, 0.15) is 5.82 Å². The summed E-state index contributed by atoms with van der Waals surface area (Å²) in [6.45, 7) is 0.446. The molecule has 2 aromatic rings. The number of carbonyl (C=O) groups is 1. The van der Waals surface area contributed by atoms with E-state index >= 15 is 0 Å². The Bertz CT molecular complexity index is 712. The van der Waals surface area contributed by atoms with Crippen LogP contribution in [-0.2, 0) is 13.6 Å². The molecule has 0 saturated carbocycles. The molecular weight excluding hydrogens is 271 g/mol. The van der Waals surface area contributed by atoms with E-state index in [1.807, 2.05) is 0 Å². The summed E-state index contributed by atoms with van der Waals surface area (Å²) in [5.74, 6) is 4.27. The van der Waals surface area contributed by atoms with Gasteiger partial charge in [0.2, 0.25) is 0 Å². The Kier molecular flexibility index (Phi) is 4.69. The summed E-state index contributed by atoms with van der Waals surface area (Å²) in [5, 5.41) is 6.82. The molecule has 0 aliphatic heterocycles. The van der Waals surface area contributed by atoms with Crippen LogP contribution in [0, 0.1) is 17.7 Å². The molecule has 0 fully saturated rings. The number of aromatic nitrogens is 2. The van der Waals surface area contributed by atoms with Crippen LogP contribution in [0.3, 0.4) is 0 Å². The van der Waals surface area contributed by atoms with Crippen molar-refractivity contribution in [2.75, 3.05) is 6.54 Å². The molecule has 0 atom stereocenters. The molecular formula is C15H15FN4O. The summed E-state index contributed by atoms with van der Waals surface area (Å²) in [5.41, 5.74) is 6.43. The molecule has 2 rings (SSSR count). The number of nitrogens with zero attached hydrogens (tertiary/aromatic N) is 2. The van der Waals surface area contributed by atoms with E-state index in [0.29, 0.717) is 0 Å². The lowest BCUT2D eigenvalue weighted by atomic mass is 10.1. The summed E-state index contributed by atoms with van der Waals surface area (Å²) in [6.07, 6.45) is 1.78. The normalized spacial score (nSPS) is 9.86. The summed E-state index contributed by atoms with van der Waals surface area (Å²) >= 11 is 0. The minimum absolute atomic E-state index is 0.158. The second-order valence-electron chi connectivity index (χ2n) is 4.36. The summed E-state index contributed by atoms with van der Waals surface area (Å²) < 4.78 is 15.4. The molecule has 5 nitrogen and oxygen atoms in total. The third-order valence-corrected chi connectivity index (χ3v) is 2.76. The van der Waals surface area contributed by atoms with Crippen LogP contribution in [0.4, 0.5) is 4.39 Å². The molecule has 0 saturated heterocycles. The van der Waals surface area contributed by atoms with Crippen molar-refractivity contribution in [2.24, 2.45) is 12.8 Å². The monoisotopic (exact) mass is 286 g/mol. The average Bonchev–Trinajstić information content (AvgIpc) is 2.89. The molecule has 3 N–H and O–H groups in total. The Morgan fingerprint density at radius 1 is 1.48 bits per heavy atom. The van der Waals surface area contributed by atoms with Crippen molar-refractivity contribution in [3.05, 3.63) is 53.1 Å². The minimum atomic E-state index is -0.540. The number of nitrogens with two attached hydrogens (primary N) is 1. The zero-order valence-corrected chi connectivity index (χ0v) is 11.6. The van der Waals surface area contributed by atoms with Gasteiger partial charge >= 0.3 is 0 Å². The van der Waals surface area contributed by atoms with Crippen molar-refractivity contribution in [3.63, 3.8) is 0 Å². The van der Waals surface area contributed by atoms with Crippen LogP contribution in [0.5, 0.6) is 0 Å². The maximum Gasteiger partial charge on any atom is 0.251 e. The van der Waals surface area contributed by atoms with Crippen LogP contribution in [0.2, 0.25) is 0 Å². The number of hydrogen-bond acceptors (Lipinski definition) is 3. The first-order valence-corrected chi connectivity index (χ1v) is 6.35. The smallest absolute Gasteiger partial charge is 0.251 e. The molecule has 1 aromatic carbocycles. The van der Waals surface area contributed by atoms with Crippen molar-refractivity contribution in [1.29, 1.82) is 0 Å². The first-order valence-electron chi connectivity index (χ1n) is 6.35. The van der Waals surface area contributed by atoms with Gasteiger partial charge in [0, 0.05) is 18.8 Å². The fraction of sp³-hybridized carbons (Fsp3) is 0.200. The SMILES string of the molecule is Cn1ccc(CNC(=O)c2ccc(C#CCN)c(F)c2)n1. The first-order chi connectivity index (χ1) is 10.1. The number of aryl methyl sites for hydroxylation is 1. The van der Waals surface area contributed by atoms with Crippen molar-refractivity contribution in [2.45, 2.75) is 6.54 Å². The van der Waals surface area contributed by atoms with Gasteiger partial charge in [0.15, 0.2) is 0 Å². The minimum Gasteiger partial charge on any atom is -0.346 e. The Morgan fingerprint density at radius 3 is 2.90 bits per heavy atom. The third kappa shape index (κ3) is 3.91. The zero-order valence-electron chi connectivity index (χ0n) is 11.6. The van der Waals surface area contributed by atoms with Gasteiger partial charge in [-0.2, -0.15) is 5.10 Å². The van der Waals surface area contributed by atoms with E-state index in [1.54, 1.807) is 24.0 Å². The Hall–Kier alpha value is -2.65. The van der Waals surface area contributed by atoms with E-state index in [0.717, 1.165) is 11.8 Å². The van der Waals surface area contributed by atoms with Crippen LogP contribution in [0.15, 0.2) is 30.5 Å². The van der Waals surface area contributed by atoms with Crippen molar-refractivity contribution in [1.82, 2.24) is 15.1 Å². The lowest BCUT2D eigenvalue weighted by molar-refractivity contribution is 0.0950. The molecule has 0 spiro atoms. The van der Waals surface area contributed by atoms with Gasteiger partial charge in [-0.25, -0.2) is 4.39 Å². The number of halogens is 1. The molecule has 0 aliphatic carbocycles. The van der Waals surface area contributed by atoms with Gasteiger partial charge in [-0.1, -0.05) is 11.8 Å². The second-order valence-corrected chi connectivity index (χ2v) is 4.36. The largest absolute Gasteiger partial charge is 0.346 e. The quantitative estimate of drug-likeness (QED) is 0.820. The number of amides is 1. The van der Waals surface area contributed by atoms with Crippen LogP contribution < -0.4 is 11.1 Å². The van der Waals surface area contributed by atoms with E-state index in [1.165, 1.54) is 12.1 Å². The fourth-order valence-electron chi connectivity index (χ4n) is 1.73. The average molecular weight is 286 g/mol. The second kappa shape index (κ2) is 6.68. The summed E-state index contributed by atoms with van der Waals surface area (Å²) in [7, 11) is 1.79. The third-order valence-electron chi connectivity index (χ3n) is 2.76. The zero-order chi connectivity index (χ0) is 15.2. The van der Waals surface area contributed by atoms with Crippen molar-refractivity contribution < 1.29 is 9.18 Å². The number of hydrogen-bond donors (Lipinski definition) is 2. The molecule has 0 unspecified atom stereocenters. The van der Waals surface area contributed by atoms with Gasteiger partial charge in [0.05, 0.1) is 24.3 Å². The Morgan fingerprint density at radius 2 is 2.29 bits per heavy atom. The standard InChI is InChI=1S/C15H15FN4O/c1-20-8-6-13(19-20)10-18-15(21)12-5-4-11(3-2-7-17)14(16)9-12/h4-6,8-9H,7,10,17H2,1H3,(H,18,21).